The molecule has 0 fully saturated rings. The minimum absolute atomic E-state index is 0. The first-order valence-corrected chi connectivity index (χ1v) is 16.0. The molecule has 0 spiro atoms. The third-order valence-electron chi connectivity index (χ3n) is 6.57. The summed E-state index contributed by atoms with van der Waals surface area (Å²) in [6.07, 6.45) is 15.0. The van der Waals surface area contributed by atoms with Gasteiger partial charge in [-0.2, -0.15) is 0 Å². The summed E-state index contributed by atoms with van der Waals surface area (Å²) in [5.41, 5.74) is 0. The average molecular weight is 557 g/mol. The van der Waals surface area contributed by atoms with Crippen LogP contribution in [0.15, 0.2) is 0 Å². The Morgan fingerprint density at radius 2 is 0.744 bits per heavy atom. The van der Waals surface area contributed by atoms with Gasteiger partial charge in [0.05, 0.1) is 0 Å². The standard InChI is InChI=1S/C17H33NO2.C16H31NO2.2H2/c1-14(2)13-17(20)18-12-10-8-6-5-7-9-11-16(19)15(3)4;1-13(2)12-16(19)17-11-9-7-5-6-8-10-15(18)14(3)4;;/h14-15H,5-13H2,1-4H3,(H,18,20);13-14H,5-12H2,1-4H3,(H,17,19);2*1H. The van der Waals surface area contributed by atoms with Crippen LogP contribution in [0.1, 0.15) is 155 Å². The van der Waals surface area contributed by atoms with E-state index in [0.29, 0.717) is 36.2 Å². The molecule has 0 aromatic rings. The van der Waals surface area contributed by atoms with Gasteiger partial charge in [0.25, 0.3) is 0 Å². The van der Waals surface area contributed by atoms with Crippen molar-refractivity contribution in [2.24, 2.45) is 23.7 Å². The van der Waals surface area contributed by atoms with Crippen LogP contribution >= 0.6 is 0 Å². The van der Waals surface area contributed by atoms with Crippen LogP contribution < -0.4 is 10.6 Å². The zero-order valence-electron chi connectivity index (χ0n) is 27.0. The molecule has 0 radical (unpaired) electrons. The van der Waals surface area contributed by atoms with Crippen LogP contribution in [0.5, 0.6) is 0 Å². The van der Waals surface area contributed by atoms with Crippen LogP contribution in [-0.2, 0) is 19.2 Å². The number of ketones is 2. The number of rotatable bonds is 23. The van der Waals surface area contributed by atoms with Crippen LogP contribution in [0.2, 0.25) is 0 Å². The molecule has 0 atom stereocenters. The molecule has 2 amide bonds. The van der Waals surface area contributed by atoms with Crippen molar-refractivity contribution >= 4 is 23.4 Å². The number of Topliss-reactive ketones (excluding diaryl/α,β-unsaturated/α-hetero) is 2. The van der Waals surface area contributed by atoms with Gasteiger partial charge in [-0.1, -0.05) is 100 Å². The lowest BCUT2D eigenvalue weighted by Crippen LogP contribution is -2.25. The summed E-state index contributed by atoms with van der Waals surface area (Å²) in [6.45, 7) is 17.7. The fraction of sp³-hybridized carbons (Fsp3) is 0.879. The van der Waals surface area contributed by atoms with Crippen molar-refractivity contribution in [3.8, 4) is 0 Å². The summed E-state index contributed by atoms with van der Waals surface area (Å²) in [7, 11) is 0. The molecule has 0 aliphatic heterocycles. The van der Waals surface area contributed by atoms with Crippen LogP contribution in [0, 0.1) is 23.7 Å². The van der Waals surface area contributed by atoms with Gasteiger partial charge in [-0.05, 0) is 37.5 Å². The Balaban J connectivity index is -0.000000319. The molecule has 6 heteroatoms. The first-order valence-electron chi connectivity index (χ1n) is 16.0. The van der Waals surface area contributed by atoms with Crippen LogP contribution in [0.3, 0.4) is 0 Å². The molecule has 0 rings (SSSR count). The first-order chi connectivity index (χ1) is 18.4. The Hall–Kier alpha value is -1.72. The second kappa shape index (κ2) is 26.5. The zero-order valence-corrected chi connectivity index (χ0v) is 27.0. The van der Waals surface area contributed by atoms with Gasteiger partial charge in [-0.3, -0.25) is 19.2 Å². The molecular weight excluding hydrogens is 488 g/mol. The van der Waals surface area contributed by atoms with Gasteiger partial charge in [-0.25, -0.2) is 0 Å². The average Bonchev–Trinajstić information content (AvgIpc) is 2.83. The maximum absolute atomic E-state index is 11.4. The molecule has 0 saturated carbocycles. The van der Waals surface area contributed by atoms with E-state index in [9.17, 15) is 19.2 Å². The topological polar surface area (TPSA) is 92.3 Å². The van der Waals surface area contributed by atoms with E-state index in [4.69, 9.17) is 0 Å². The second-order valence-corrected chi connectivity index (χ2v) is 12.5. The Bertz CT molecular complexity index is 653. The molecule has 0 heterocycles. The summed E-state index contributed by atoms with van der Waals surface area (Å²) < 4.78 is 0. The molecule has 39 heavy (non-hydrogen) atoms. The van der Waals surface area contributed by atoms with Gasteiger partial charge in [0.15, 0.2) is 0 Å². The van der Waals surface area contributed by atoms with E-state index in [1.807, 2.05) is 27.7 Å². The van der Waals surface area contributed by atoms with Crippen molar-refractivity contribution in [3.63, 3.8) is 0 Å². The molecule has 0 aromatic carbocycles. The van der Waals surface area contributed by atoms with E-state index in [1.54, 1.807) is 0 Å². The number of nitrogens with one attached hydrogen (secondary N) is 2. The number of carbonyl (C=O) groups is 4. The minimum atomic E-state index is 0. The van der Waals surface area contributed by atoms with E-state index in [1.165, 1.54) is 19.3 Å². The van der Waals surface area contributed by atoms with Gasteiger partial charge < -0.3 is 10.6 Å². The van der Waals surface area contributed by atoms with Crippen LogP contribution in [-0.4, -0.2) is 36.5 Å². The minimum Gasteiger partial charge on any atom is -0.356 e. The van der Waals surface area contributed by atoms with E-state index in [2.05, 4.69) is 38.3 Å². The highest BCUT2D eigenvalue weighted by Crippen LogP contribution is 2.10. The van der Waals surface area contributed by atoms with Crippen molar-refractivity contribution in [1.29, 1.82) is 0 Å². The summed E-state index contributed by atoms with van der Waals surface area (Å²) in [5, 5.41) is 5.90. The summed E-state index contributed by atoms with van der Waals surface area (Å²) in [4.78, 5) is 45.6. The highest BCUT2D eigenvalue weighted by molar-refractivity contribution is 5.80. The Morgan fingerprint density at radius 1 is 0.462 bits per heavy atom. The van der Waals surface area contributed by atoms with E-state index < -0.39 is 0 Å². The Morgan fingerprint density at radius 3 is 1.03 bits per heavy atom. The monoisotopic (exact) mass is 557 g/mol. The predicted molar refractivity (Wildman–Crippen MR) is 169 cm³/mol. The third-order valence-corrected chi connectivity index (χ3v) is 6.57. The molecule has 0 aliphatic rings. The Kier molecular flexibility index (Phi) is 26.8. The zero-order chi connectivity index (χ0) is 30.1. The fourth-order valence-electron chi connectivity index (χ4n) is 4.00. The molecule has 234 valence electrons. The maximum Gasteiger partial charge on any atom is 0.220 e. The molecule has 0 unspecified atom stereocenters. The molecule has 0 aliphatic carbocycles. The number of unbranched alkanes of at least 4 members (excludes halogenated alkanes) is 9. The quantitative estimate of drug-likeness (QED) is 0.124. The van der Waals surface area contributed by atoms with Crippen molar-refractivity contribution in [3.05, 3.63) is 0 Å². The highest BCUT2D eigenvalue weighted by Gasteiger charge is 2.07. The van der Waals surface area contributed by atoms with Crippen molar-refractivity contribution in [1.82, 2.24) is 10.6 Å². The van der Waals surface area contributed by atoms with Gasteiger partial charge in [0.2, 0.25) is 11.8 Å². The highest BCUT2D eigenvalue weighted by atomic mass is 16.2. The number of hydrogen-bond donors (Lipinski definition) is 2. The Labute approximate surface area is 244 Å². The van der Waals surface area contributed by atoms with Crippen LogP contribution in [0.4, 0.5) is 0 Å². The summed E-state index contributed by atoms with van der Waals surface area (Å²) in [6, 6.07) is 0. The SMILES string of the molecule is CC(C)CC(=O)NCCCCCCCC(=O)C(C)C.CC(C)CC(=O)NCCCCCCCCC(=O)C(C)C.[HH].[HH]. The lowest BCUT2D eigenvalue weighted by Gasteiger charge is -2.07. The third kappa shape index (κ3) is 30.7. The van der Waals surface area contributed by atoms with E-state index >= 15 is 0 Å². The van der Waals surface area contributed by atoms with Crippen molar-refractivity contribution in [2.45, 2.75) is 152 Å². The molecule has 2 N–H and O–H groups in total. The molecule has 0 saturated heterocycles. The summed E-state index contributed by atoms with van der Waals surface area (Å²) >= 11 is 0. The lowest BCUT2D eigenvalue weighted by molar-refractivity contribution is -0.122. The fourth-order valence-corrected chi connectivity index (χ4v) is 4.00. The normalized spacial score (nSPS) is 11.1. The molecule has 6 nitrogen and oxygen atoms in total. The molecule has 0 bridgehead atoms. The number of hydrogen-bond acceptors (Lipinski definition) is 4. The van der Waals surface area contributed by atoms with E-state index in [-0.39, 0.29) is 26.5 Å². The lowest BCUT2D eigenvalue weighted by atomic mass is 10.0. The van der Waals surface area contributed by atoms with Crippen molar-refractivity contribution in [2.75, 3.05) is 13.1 Å². The molecular formula is C33H68N2O4. The van der Waals surface area contributed by atoms with Gasteiger partial charge >= 0.3 is 0 Å². The van der Waals surface area contributed by atoms with Gasteiger partial charge in [0, 0.05) is 53.5 Å². The van der Waals surface area contributed by atoms with Crippen molar-refractivity contribution < 1.29 is 22.0 Å². The maximum atomic E-state index is 11.4. The first kappa shape index (κ1) is 39.4. The number of carbonyl (C=O) groups excluding carboxylic acids is 4. The molecule has 0 aromatic heterocycles. The number of amides is 2. The predicted octanol–water partition coefficient (Wildman–Crippen LogP) is 8.31. The van der Waals surface area contributed by atoms with E-state index in [0.717, 1.165) is 77.3 Å². The largest absolute Gasteiger partial charge is 0.356 e. The smallest absolute Gasteiger partial charge is 0.220 e. The van der Waals surface area contributed by atoms with Gasteiger partial charge in [-0.15, -0.1) is 0 Å². The van der Waals surface area contributed by atoms with Gasteiger partial charge in [0.1, 0.15) is 11.6 Å². The summed E-state index contributed by atoms with van der Waals surface area (Å²) in [5.74, 6) is 2.33. The second-order valence-electron chi connectivity index (χ2n) is 12.5. The van der Waals surface area contributed by atoms with Crippen LogP contribution in [0.25, 0.3) is 0 Å².